The van der Waals surface area contributed by atoms with Crippen molar-refractivity contribution in [1.29, 1.82) is 0 Å². The van der Waals surface area contributed by atoms with Crippen molar-refractivity contribution in [2.45, 2.75) is 25.0 Å². The first kappa shape index (κ1) is 14.4. The molecular weight excluding hydrogens is 258 g/mol. The van der Waals surface area contributed by atoms with Gasteiger partial charge in [-0.05, 0) is 27.2 Å². The van der Waals surface area contributed by atoms with Crippen LogP contribution < -0.4 is 10.2 Å². The van der Waals surface area contributed by atoms with Gasteiger partial charge < -0.3 is 15.1 Å². The molecule has 0 saturated carbocycles. The van der Waals surface area contributed by atoms with Crippen LogP contribution in [0.4, 0.5) is 11.6 Å². The average molecular weight is 281 g/mol. The molecule has 1 saturated heterocycles. The number of rotatable bonds is 4. The maximum absolute atomic E-state index is 4.65. The third kappa shape index (κ3) is 3.51. The van der Waals surface area contributed by atoms with Crippen molar-refractivity contribution in [2.75, 3.05) is 49.7 Å². The van der Waals surface area contributed by atoms with Crippen LogP contribution in [0.5, 0.6) is 0 Å². The summed E-state index contributed by atoms with van der Waals surface area (Å²) in [4.78, 5) is 13.9. The number of nitrogens with one attached hydrogen (secondary N) is 1. The second kappa shape index (κ2) is 6.43. The summed E-state index contributed by atoms with van der Waals surface area (Å²) < 4.78 is 0. The fourth-order valence-corrected chi connectivity index (χ4v) is 2.78. The Kier molecular flexibility index (Phi) is 4.87. The fourth-order valence-electron chi connectivity index (χ4n) is 2.40. The molecule has 1 unspecified atom stereocenters. The van der Waals surface area contributed by atoms with E-state index >= 15 is 0 Å². The molecule has 0 bridgehead atoms. The first-order valence-corrected chi connectivity index (χ1v) is 7.98. The van der Waals surface area contributed by atoms with Gasteiger partial charge in [0, 0.05) is 38.3 Å². The van der Waals surface area contributed by atoms with E-state index in [1.807, 2.05) is 6.26 Å². The van der Waals surface area contributed by atoms with Crippen molar-refractivity contribution in [3.05, 3.63) is 6.07 Å². The third-order valence-corrected chi connectivity index (χ3v) is 3.91. The Morgan fingerprint density at radius 1 is 1.42 bits per heavy atom. The van der Waals surface area contributed by atoms with Gasteiger partial charge in [0.05, 0.1) is 0 Å². The number of nitrogens with zero attached hydrogens (tertiary/aromatic N) is 4. The van der Waals surface area contributed by atoms with E-state index in [4.69, 9.17) is 0 Å². The third-order valence-electron chi connectivity index (χ3n) is 3.36. The zero-order valence-electron chi connectivity index (χ0n) is 12.2. The summed E-state index contributed by atoms with van der Waals surface area (Å²) in [7, 11) is 2.17. The molecule has 2 rings (SSSR count). The Morgan fingerprint density at radius 3 is 2.84 bits per heavy atom. The van der Waals surface area contributed by atoms with Crippen LogP contribution in [-0.4, -0.2) is 60.4 Å². The molecule has 0 aromatic carbocycles. The van der Waals surface area contributed by atoms with E-state index in [0.29, 0.717) is 6.04 Å². The minimum Gasteiger partial charge on any atom is -0.370 e. The molecule has 2 heterocycles. The highest BCUT2D eigenvalue weighted by Crippen LogP contribution is 2.23. The van der Waals surface area contributed by atoms with Crippen molar-refractivity contribution < 1.29 is 0 Å². The van der Waals surface area contributed by atoms with Gasteiger partial charge in [0.1, 0.15) is 11.6 Å². The molecule has 1 aromatic rings. The summed E-state index contributed by atoms with van der Waals surface area (Å²) in [5.74, 6) is 1.96. The molecule has 1 aliphatic rings. The summed E-state index contributed by atoms with van der Waals surface area (Å²) in [6.45, 7) is 8.40. The molecule has 6 heteroatoms. The van der Waals surface area contributed by atoms with Crippen LogP contribution in [0.3, 0.4) is 0 Å². The highest BCUT2D eigenvalue weighted by atomic mass is 32.2. The quantitative estimate of drug-likeness (QED) is 0.670. The second-order valence-corrected chi connectivity index (χ2v) is 5.71. The van der Waals surface area contributed by atoms with Gasteiger partial charge in [0.25, 0.3) is 0 Å². The Balaban J connectivity index is 2.25. The molecule has 1 N–H and O–H groups in total. The van der Waals surface area contributed by atoms with E-state index in [1.54, 1.807) is 11.8 Å². The van der Waals surface area contributed by atoms with Gasteiger partial charge in [-0.15, -0.1) is 0 Å². The summed E-state index contributed by atoms with van der Waals surface area (Å²) >= 11 is 1.59. The van der Waals surface area contributed by atoms with Crippen molar-refractivity contribution in [1.82, 2.24) is 14.9 Å². The van der Waals surface area contributed by atoms with Gasteiger partial charge in [-0.25, -0.2) is 9.97 Å². The number of aromatic nitrogens is 2. The van der Waals surface area contributed by atoms with Crippen LogP contribution in [0, 0.1) is 0 Å². The van der Waals surface area contributed by atoms with E-state index in [9.17, 15) is 0 Å². The second-order valence-electron chi connectivity index (χ2n) is 4.93. The van der Waals surface area contributed by atoms with E-state index < -0.39 is 0 Å². The van der Waals surface area contributed by atoms with Gasteiger partial charge >= 0.3 is 0 Å². The van der Waals surface area contributed by atoms with Crippen molar-refractivity contribution in [3.63, 3.8) is 0 Å². The molecule has 0 spiro atoms. The van der Waals surface area contributed by atoms with Crippen molar-refractivity contribution in [2.24, 2.45) is 0 Å². The van der Waals surface area contributed by atoms with Gasteiger partial charge in [0.15, 0.2) is 5.16 Å². The van der Waals surface area contributed by atoms with E-state index in [0.717, 1.165) is 43.0 Å². The van der Waals surface area contributed by atoms with Crippen LogP contribution in [-0.2, 0) is 0 Å². The van der Waals surface area contributed by atoms with Crippen LogP contribution >= 0.6 is 11.8 Å². The Bertz CT molecular complexity index is 425. The van der Waals surface area contributed by atoms with E-state index in [-0.39, 0.29) is 0 Å². The Morgan fingerprint density at radius 2 is 2.21 bits per heavy atom. The maximum atomic E-state index is 4.65. The van der Waals surface area contributed by atoms with Crippen molar-refractivity contribution in [3.8, 4) is 0 Å². The first-order valence-electron chi connectivity index (χ1n) is 6.76. The lowest BCUT2D eigenvalue weighted by Crippen LogP contribution is -2.50. The minimum absolute atomic E-state index is 0.484. The molecule has 5 nitrogen and oxygen atoms in total. The number of likely N-dealkylation sites (N-methyl/N-ethyl adjacent to an activating group) is 1. The summed E-state index contributed by atoms with van der Waals surface area (Å²) in [6.07, 6.45) is 2.02. The zero-order valence-corrected chi connectivity index (χ0v) is 13.0. The molecule has 1 atom stereocenters. The minimum atomic E-state index is 0.484. The monoisotopic (exact) mass is 281 g/mol. The standard InChI is InChI=1S/C13H23N5S/c1-5-14-11-8-12(16-13(15-11)19-4)18-7-6-17(3)9-10(18)2/h8,10H,5-7,9H2,1-4H3,(H,14,15,16). The molecule has 1 aromatic heterocycles. The van der Waals surface area contributed by atoms with Gasteiger partial charge in [0.2, 0.25) is 0 Å². The molecule has 1 aliphatic heterocycles. The lowest BCUT2D eigenvalue weighted by molar-refractivity contribution is 0.274. The van der Waals surface area contributed by atoms with Crippen LogP contribution in [0.1, 0.15) is 13.8 Å². The SMILES string of the molecule is CCNc1cc(N2CCN(C)CC2C)nc(SC)n1. The topological polar surface area (TPSA) is 44.3 Å². The van der Waals surface area contributed by atoms with Crippen molar-refractivity contribution >= 4 is 23.4 Å². The van der Waals surface area contributed by atoms with Crippen LogP contribution in [0.25, 0.3) is 0 Å². The van der Waals surface area contributed by atoms with E-state index in [1.165, 1.54) is 0 Å². The van der Waals surface area contributed by atoms with Crippen LogP contribution in [0.2, 0.25) is 0 Å². The predicted octanol–water partition coefficient (Wildman–Crippen LogP) is 1.77. The molecule has 1 fully saturated rings. The van der Waals surface area contributed by atoms with Gasteiger partial charge in [-0.1, -0.05) is 11.8 Å². The number of hydrogen-bond donors (Lipinski definition) is 1. The molecule has 0 amide bonds. The highest BCUT2D eigenvalue weighted by molar-refractivity contribution is 7.98. The van der Waals surface area contributed by atoms with Gasteiger partial charge in [-0.2, -0.15) is 0 Å². The fraction of sp³-hybridized carbons (Fsp3) is 0.692. The molecule has 0 aliphatic carbocycles. The number of piperazine rings is 1. The lowest BCUT2D eigenvalue weighted by atomic mass is 10.2. The number of anilines is 2. The first-order chi connectivity index (χ1) is 9.13. The Labute approximate surface area is 119 Å². The molecule has 0 radical (unpaired) electrons. The predicted molar refractivity (Wildman–Crippen MR) is 82.3 cm³/mol. The average Bonchev–Trinajstić information content (AvgIpc) is 2.38. The van der Waals surface area contributed by atoms with E-state index in [2.05, 4.69) is 52.0 Å². The largest absolute Gasteiger partial charge is 0.370 e. The smallest absolute Gasteiger partial charge is 0.191 e. The normalized spacial score (nSPS) is 20.6. The van der Waals surface area contributed by atoms with Gasteiger partial charge in [-0.3, -0.25) is 0 Å². The number of hydrogen-bond acceptors (Lipinski definition) is 6. The van der Waals surface area contributed by atoms with Crippen LogP contribution in [0.15, 0.2) is 11.2 Å². The summed E-state index contributed by atoms with van der Waals surface area (Å²) in [5, 5.41) is 4.12. The molecule has 106 valence electrons. The summed E-state index contributed by atoms with van der Waals surface area (Å²) in [5.41, 5.74) is 0. The zero-order chi connectivity index (χ0) is 13.8. The molecular formula is C13H23N5S. The highest BCUT2D eigenvalue weighted by Gasteiger charge is 2.23. The lowest BCUT2D eigenvalue weighted by Gasteiger charge is -2.39. The Hall–Kier alpha value is -1.01. The summed E-state index contributed by atoms with van der Waals surface area (Å²) in [6, 6.07) is 2.54. The maximum Gasteiger partial charge on any atom is 0.191 e. The molecule has 19 heavy (non-hydrogen) atoms. The number of thioether (sulfide) groups is 1.